The fraction of sp³-hybridized carbons (Fsp3) is 0.286. The van der Waals surface area contributed by atoms with E-state index in [1.807, 2.05) is 6.07 Å². The zero-order valence-electron chi connectivity index (χ0n) is 11.0. The van der Waals surface area contributed by atoms with Crippen molar-refractivity contribution in [2.75, 3.05) is 12.3 Å². The Kier molecular flexibility index (Phi) is 3.31. The molecule has 0 radical (unpaired) electrons. The number of nitrogens with zero attached hydrogens (tertiary/aromatic N) is 3. The van der Waals surface area contributed by atoms with E-state index in [2.05, 4.69) is 5.10 Å². The number of ether oxygens (including phenoxy) is 1. The monoisotopic (exact) mass is 290 g/mol. The minimum Gasteiger partial charge on any atom is -0.382 e. The predicted octanol–water partition coefficient (Wildman–Crippen LogP) is 2.46. The van der Waals surface area contributed by atoms with E-state index in [0.29, 0.717) is 12.3 Å². The van der Waals surface area contributed by atoms with Gasteiger partial charge in [-0.25, -0.2) is 13.5 Å². The van der Waals surface area contributed by atoms with E-state index in [1.165, 1.54) is 0 Å². The third kappa shape index (κ3) is 2.23. The van der Waals surface area contributed by atoms with Gasteiger partial charge < -0.3 is 10.5 Å². The van der Waals surface area contributed by atoms with Crippen molar-refractivity contribution in [1.82, 2.24) is 9.78 Å². The number of aromatic nitrogens is 2. The summed E-state index contributed by atoms with van der Waals surface area (Å²) in [5.41, 5.74) is 6.25. The number of benzene rings is 1. The molecular weight excluding hydrogens is 278 g/mol. The number of anilines is 1. The van der Waals surface area contributed by atoms with Crippen molar-refractivity contribution in [1.29, 1.82) is 5.26 Å². The normalized spacial score (nSPS) is 17.9. The maximum Gasteiger partial charge on any atom is 0.149 e. The molecule has 1 fully saturated rings. The van der Waals surface area contributed by atoms with Crippen LogP contribution in [0.3, 0.4) is 0 Å². The van der Waals surface area contributed by atoms with Crippen LogP contribution in [0.15, 0.2) is 18.2 Å². The molecule has 1 aromatic heterocycles. The van der Waals surface area contributed by atoms with Gasteiger partial charge >= 0.3 is 0 Å². The Hall–Kier alpha value is -2.46. The largest absolute Gasteiger partial charge is 0.382 e. The van der Waals surface area contributed by atoms with Crippen molar-refractivity contribution in [3.05, 3.63) is 41.1 Å². The number of hydrogen-bond donors (Lipinski definition) is 1. The first-order chi connectivity index (χ1) is 10.1. The van der Waals surface area contributed by atoms with Crippen molar-refractivity contribution in [3.63, 3.8) is 0 Å². The Morgan fingerprint density at radius 1 is 1.43 bits per heavy atom. The molecule has 0 unspecified atom stereocenters. The van der Waals surface area contributed by atoms with Gasteiger partial charge in [-0.05, 0) is 25.0 Å². The molecule has 0 amide bonds. The number of rotatable bonds is 2. The fourth-order valence-electron chi connectivity index (χ4n) is 2.41. The molecular formula is C14H12F2N4O. The molecule has 0 spiro atoms. The van der Waals surface area contributed by atoms with Gasteiger partial charge in [0.05, 0.1) is 0 Å². The molecule has 3 rings (SSSR count). The third-order valence-electron chi connectivity index (χ3n) is 3.43. The molecule has 1 aliphatic rings. The van der Waals surface area contributed by atoms with Gasteiger partial charge in [-0.15, -0.1) is 0 Å². The van der Waals surface area contributed by atoms with Crippen LogP contribution in [-0.2, 0) is 4.74 Å². The highest BCUT2D eigenvalue weighted by atomic mass is 19.1. The summed E-state index contributed by atoms with van der Waals surface area (Å²) in [7, 11) is 0. The van der Waals surface area contributed by atoms with E-state index in [0.717, 1.165) is 35.7 Å². The first kappa shape index (κ1) is 13.5. The minimum atomic E-state index is -0.672. The Morgan fingerprint density at radius 2 is 2.24 bits per heavy atom. The van der Waals surface area contributed by atoms with Crippen LogP contribution >= 0.6 is 0 Å². The minimum absolute atomic E-state index is 0.0208. The summed E-state index contributed by atoms with van der Waals surface area (Å²) >= 11 is 0. The molecule has 2 heterocycles. The Balaban J connectivity index is 2.15. The van der Waals surface area contributed by atoms with Crippen LogP contribution < -0.4 is 5.73 Å². The van der Waals surface area contributed by atoms with Gasteiger partial charge in [0.1, 0.15) is 46.6 Å². The summed E-state index contributed by atoms with van der Waals surface area (Å²) in [5, 5.41) is 13.4. The number of nitrogens with two attached hydrogens (primary N) is 1. The number of halogens is 2. The van der Waals surface area contributed by atoms with Gasteiger partial charge in [0, 0.05) is 12.7 Å². The van der Waals surface area contributed by atoms with Gasteiger partial charge in [-0.3, -0.25) is 0 Å². The number of nitriles is 1. The van der Waals surface area contributed by atoms with Gasteiger partial charge in [0.25, 0.3) is 0 Å². The van der Waals surface area contributed by atoms with Crippen molar-refractivity contribution < 1.29 is 13.5 Å². The molecule has 2 aromatic rings. The summed E-state index contributed by atoms with van der Waals surface area (Å²) in [6, 6.07) is 4.94. The lowest BCUT2D eigenvalue weighted by Gasteiger charge is -2.06. The first-order valence-corrected chi connectivity index (χ1v) is 6.47. The maximum absolute atomic E-state index is 13.9. The van der Waals surface area contributed by atoms with Gasteiger partial charge in [0.2, 0.25) is 0 Å². The van der Waals surface area contributed by atoms with Crippen molar-refractivity contribution in [2.45, 2.75) is 18.9 Å². The molecule has 1 aliphatic heterocycles. The summed E-state index contributed by atoms with van der Waals surface area (Å²) < 4.78 is 33.7. The second-order valence-corrected chi connectivity index (χ2v) is 4.77. The second kappa shape index (κ2) is 5.14. The van der Waals surface area contributed by atoms with Crippen LogP contribution in [0.5, 0.6) is 0 Å². The van der Waals surface area contributed by atoms with E-state index in [4.69, 9.17) is 10.5 Å². The van der Waals surface area contributed by atoms with Crippen molar-refractivity contribution >= 4 is 5.82 Å². The average Bonchev–Trinajstić information content (AvgIpc) is 3.09. The smallest absolute Gasteiger partial charge is 0.149 e. The zero-order chi connectivity index (χ0) is 15.0. The van der Waals surface area contributed by atoms with E-state index in [9.17, 15) is 14.0 Å². The van der Waals surface area contributed by atoms with E-state index >= 15 is 0 Å². The molecule has 1 saturated heterocycles. The highest BCUT2D eigenvalue weighted by molar-refractivity contribution is 5.57. The quantitative estimate of drug-likeness (QED) is 0.921. The zero-order valence-corrected chi connectivity index (χ0v) is 11.0. The molecule has 0 aliphatic carbocycles. The summed E-state index contributed by atoms with van der Waals surface area (Å²) in [6.45, 7) is 0.580. The summed E-state index contributed by atoms with van der Waals surface area (Å²) in [4.78, 5) is 0. The predicted molar refractivity (Wildman–Crippen MR) is 70.5 cm³/mol. The molecule has 0 bridgehead atoms. The maximum atomic E-state index is 13.9. The van der Waals surface area contributed by atoms with Crippen LogP contribution in [0.4, 0.5) is 14.6 Å². The molecule has 2 N–H and O–H groups in total. The van der Waals surface area contributed by atoms with Gasteiger partial charge in [-0.1, -0.05) is 0 Å². The molecule has 1 aromatic carbocycles. The van der Waals surface area contributed by atoms with Crippen LogP contribution in [0.2, 0.25) is 0 Å². The topological polar surface area (TPSA) is 76.9 Å². The van der Waals surface area contributed by atoms with Crippen LogP contribution in [-0.4, -0.2) is 16.4 Å². The number of nitrogen functional groups attached to an aromatic ring is 1. The SMILES string of the molecule is N#Cc1c([C@H]2CCCO2)nn(-c2cc(F)ccc2F)c1N. The van der Waals surface area contributed by atoms with Gasteiger partial charge in [0.15, 0.2) is 0 Å². The Bertz CT molecular complexity index is 729. The molecule has 0 saturated carbocycles. The number of hydrogen-bond acceptors (Lipinski definition) is 4. The average molecular weight is 290 g/mol. The standard InChI is InChI=1S/C14H12F2N4O/c15-8-3-4-10(16)11(6-8)20-14(18)9(7-17)13(19-20)12-2-1-5-21-12/h3-4,6,12H,1-2,5,18H2/t12-/m1/s1. The lowest BCUT2D eigenvalue weighted by molar-refractivity contribution is 0.108. The molecule has 1 atom stereocenters. The van der Waals surface area contributed by atoms with Crippen LogP contribution in [0.25, 0.3) is 5.69 Å². The van der Waals surface area contributed by atoms with E-state index < -0.39 is 11.6 Å². The Morgan fingerprint density at radius 3 is 2.90 bits per heavy atom. The fourth-order valence-corrected chi connectivity index (χ4v) is 2.41. The van der Waals surface area contributed by atoms with E-state index in [1.54, 1.807) is 0 Å². The van der Waals surface area contributed by atoms with E-state index in [-0.39, 0.29) is 23.2 Å². The molecule has 5 nitrogen and oxygen atoms in total. The summed E-state index contributed by atoms with van der Waals surface area (Å²) in [5.74, 6) is -1.31. The Labute approximate surface area is 119 Å². The van der Waals surface area contributed by atoms with Gasteiger partial charge in [-0.2, -0.15) is 10.4 Å². The van der Waals surface area contributed by atoms with Crippen LogP contribution in [0, 0.1) is 23.0 Å². The molecule has 21 heavy (non-hydrogen) atoms. The summed E-state index contributed by atoms with van der Waals surface area (Å²) in [6.07, 6.45) is 1.24. The lowest BCUT2D eigenvalue weighted by Crippen LogP contribution is -2.05. The molecule has 108 valence electrons. The van der Waals surface area contributed by atoms with Crippen LogP contribution in [0.1, 0.15) is 30.2 Å². The second-order valence-electron chi connectivity index (χ2n) is 4.77. The highest BCUT2D eigenvalue weighted by Crippen LogP contribution is 2.33. The first-order valence-electron chi connectivity index (χ1n) is 6.47. The lowest BCUT2D eigenvalue weighted by atomic mass is 10.1. The highest BCUT2D eigenvalue weighted by Gasteiger charge is 2.28. The van der Waals surface area contributed by atoms with Crippen molar-refractivity contribution in [2.24, 2.45) is 0 Å². The molecule has 7 heteroatoms. The third-order valence-corrected chi connectivity index (χ3v) is 3.43. The van der Waals surface area contributed by atoms with Crippen molar-refractivity contribution in [3.8, 4) is 11.8 Å².